The highest BCUT2D eigenvalue weighted by atomic mass is 32.2. The van der Waals surface area contributed by atoms with Crippen molar-refractivity contribution in [3.05, 3.63) is 53.6 Å². The van der Waals surface area contributed by atoms with Crippen molar-refractivity contribution in [3.63, 3.8) is 0 Å². The molecule has 0 aliphatic carbocycles. The molecule has 158 valence electrons. The lowest BCUT2D eigenvalue weighted by Crippen LogP contribution is -2.41. The zero-order valence-corrected chi connectivity index (χ0v) is 19.1. The monoisotopic (exact) mass is 436 g/mol. The molecule has 0 aromatic heterocycles. The first kappa shape index (κ1) is 23.3. The summed E-state index contributed by atoms with van der Waals surface area (Å²) >= 11 is 1.65. The summed E-state index contributed by atoms with van der Waals surface area (Å²) in [7, 11) is -2.45. The van der Waals surface area contributed by atoms with Crippen molar-refractivity contribution in [1.82, 2.24) is 9.62 Å². The summed E-state index contributed by atoms with van der Waals surface area (Å²) in [4.78, 5) is 13.8. The maximum absolute atomic E-state index is 13.1. The second-order valence-electron chi connectivity index (χ2n) is 6.65. The molecule has 0 unspecified atom stereocenters. The van der Waals surface area contributed by atoms with Crippen molar-refractivity contribution in [2.75, 3.05) is 26.5 Å². The Balaban J connectivity index is 2.15. The van der Waals surface area contributed by atoms with Crippen LogP contribution in [0.15, 0.2) is 52.3 Å². The number of benzene rings is 2. The number of sulfonamides is 1. The number of nitrogens with one attached hydrogen (secondary N) is 1. The van der Waals surface area contributed by atoms with Crippen molar-refractivity contribution < 1.29 is 17.9 Å². The Morgan fingerprint density at radius 3 is 2.41 bits per heavy atom. The van der Waals surface area contributed by atoms with Crippen LogP contribution in [0.4, 0.5) is 0 Å². The van der Waals surface area contributed by atoms with Crippen LogP contribution in [0, 0.1) is 6.92 Å². The van der Waals surface area contributed by atoms with E-state index >= 15 is 0 Å². The molecule has 0 bridgehead atoms. The van der Waals surface area contributed by atoms with E-state index in [0.717, 1.165) is 20.3 Å². The first-order valence-electron chi connectivity index (χ1n) is 9.31. The molecule has 0 aliphatic heterocycles. The third-order valence-corrected chi connectivity index (χ3v) is 7.29. The van der Waals surface area contributed by atoms with Crippen LogP contribution in [0.3, 0.4) is 0 Å². The molecule has 6 nitrogen and oxygen atoms in total. The smallest absolute Gasteiger partial charge is 0.247 e. The number of aryl methyl sites for hydroxylation is 1. The van der Waals surface area contributed by atoms with Gasteiger partial charge in [0, 0.05) is 11.4 Å². The van der Waals surface area contributed by atoms with Gasteiger partial charge in [0.25, 0.3) is 0 Å². The average molecular weight is 437 g/mol. The van der Waals surface area contributed by atoms with Crippen molar-refractivity contribution in [1.29, 1.82) is 0 Å². The molecule has 1 atom stereocenters. The Kier molecular flexibility index (Phi) is 8.13. The van der Waals surface area contributed by atoms with E-state index in [2.05, 4.69) is 5.32 Å². The van der Waals surface area contributed by atoms with Crippen LogP contribution in [0.25, 0.3) is 0 Å². The summed E-state index contributed by atoms with van der Waals surface area (Å²) in [5, 5.41) is 2.88. The number of ether oxygens (including phenoxy) is 1. The standard InChI is InChI=1S/C21H28N2O4S2/c1-6-23(29(25,26)20-13-15(2)7-12-19(20)27-4)14-21(24)22-16(3)17-8-10-18(28-5)11-9-17/h7-13,16H,6,14H2,1-5H3,(H,22,24)/t16-/m1/s1. The number of likely N-dealkylation sites (N-methyl/N-ethyl adjacent to an activating group) is 1. The molecule has 0 heterocycles. The zero-order valence-electron chi connectivity index (χ0n) is 17.4. The van der Waals surface area contributed by atoms with Gasteiger partial charge in [0.15, 0.2) is 0 Å². The first-order valence-corrected chi connectivity index (χ1v) is 12.0. The SMILES string of the molecule is CCN(CC(=O)N[C@H](C)c1ccc(SC)cc1)S(=O)(=O)c1cc(C)ccc1OC. The summed E-state index contributed by atoms with van der Waals surface area (Å²) in [5.41, 5.74) is 1.76. The van der Waals surface area contributed by atoms with Gasteiger partial charge in [-0.1, -0.05) is 25.1 Å². The summed E-state index contributed by atoms with van der Waals surface area (Å²) in [6.45, 7) is 5.30. The third-order valence-electron chi connectivity index (χ3n) is 4.60. The fourth-order valence-corrected chi connectivity index (χ4v) is 4.97. The highest BCUT2D eigenvalue weighted by Crippen LogP contribution is 2.27. The van der Waals surface area contributed by atoms with Gasteiger partial charge in [0.05, 0.1) is 19.7 Å². The number of nitrogens with zero attached hydrogens (tertiary/aromatic N) is 1. The maximum atomic E-state index is 13.1. The number of thioether (sulfide) groups is 1. The molecule has 1 N–H and O–H groups in total. The lowest BCUT2D eigenvalue weighted by Gasteiger charge is -2.23. The van der Waals surface area contributed by atoms with E-state index < -0.39 is 10.0 Å². The quantitative estimate of drug-likeness (QED) is 0.608. The van der Waals surface area contributed by atoms with Gasteiger partial charge >= 0.3 is 0 Å². The van der Waals surface area contributed by atoms with E-state index in [1.165, 1.54) is 7.11 Å². The van der Waals surface area contributed by atoms with E-state index in [-0.39, 0.29) is 35.7 Å². The average Bonchev–Trinajstić information content (AvgIpc) is 2.71. The summed E-state index contributed by atoms with van der Waals surface area (Å²) < 4.78 is 32.6. The molecule has 8 heteroatoms. The third kappa shape index (κ3) is 5.74. The number of hydrogen-bond acceptors (Lipinski definition) is 5. The van der Waals surface area contributed by atoms with Crippen molar-refractivity contribution in [3.8, 4) is 5.75 Å². The predicted molar refractivity (Wildman–Crippen MR) is 117 cm³/mol. The lowest BCUT2D eigenvalue weighted by molar-refractivity contribution is -0.121. The van der Waals surface area contributed by atoms with Crippen LogP contribution in [0.2, 0.25) is 0 Å². The van der Waals surface area contributed by atoms with E-state index in [1.807, 2.05) is 44.4 Å². The van der Waals surface area contributed by atoms with Gasteiger partial charge in [-0.25, -0.2) is 8.42 Å². The second-order valence-corrected chi connectivity index (χ2v) is 9.43. The van der Waals surface area contributed by atoms with E-state index in [1.54, 1.807) is 36.9 Å². The molecule has 0 saturated carbocycles. The molecule has 2 rings (SSSR count). The Hall–Kier alpha value is -2.03. The first-order chi connectivity index (χ1) is 13.7. The minimum Gasteiger partial charge on any atom is -0.495 e. The number of carbonyl (C=O) groups excluding carboxylic acids is 1. The van der Waals surface area contributed by atoms with Gasteiger partial charge < -0.3 is 10.1 Å². The number of carbonyl (C=O) groups is 1. The zero-order chi connectivity index (χ0) is 21.6. The number of hydrogen-bond donors (Lipinski definition) is 1. The number of rotatable bonds is 9. The largest absolute Gasteiger partial charge is 0.495 e. The van der Waals surface area contributed by atoms with Crippen LogP contribution >= 0.6 is 11.8 Å². The maximum Gasteiger partial charge on any atom is 0.247 e. The predicted octanol–water partition coefficient (Wildman–Crippen LogP) is 3.61. The highest BCUT2D eigenvalue weighted by molar-refractivity contribution is 7.98. The molecule has 0 aliphatic rings. The molecule has 2 aromatic carbocycles. The molecule has 0 spiro atoms. The minimum absolute atomic E-state index is 0.0651. The van der Waals surface area contributed by atoms with Crippen LogP contribution in [-0.4, -0.2) is 45.1 Å². The number of methoxy groups -OCH3 is 1. The Morgan fingerprint density at radius 1 is 1.21 bits per heavy atom. The van der Waals surface area contributed by atoms with Crippen LogP contribution < -0.4 is 10.1 Å². The normalized spacial score (nSPS) is 12.6. The molecular formula is C21H28N2O4S2. The molecule has 0 saturated heterocycles. The van der Waals surface area contributed by atoms with Gasteiger partial charge in [0.1, 0.15) is 10.6 Å². The van der Waals surface area contributed by atoms with Gasteiger partial charge in [-0.05, 0) is 55.5 Å². The summed E-state index contributed by atoms with van der Waals surface area (Å²) in [6.07, 6.45) is 2.00. The molecule has 0 fully saturated rings. The minimum atomic E-state index is -3.88. The van der Waals surface area contributed by atoms with Crippen LogP contribution in [-0.2, 0) is 14.8 Å². The fraction of sp³-hybridized carbons (Fsp3) is 0.381. The van der Waals surface area contributed by atoms with E-state index in [4.69, 9.17) is 4.74 Å². The van der Waals surface area contributed by atoms with Gasteiger partial charge in [-0.2, -0.15) is 4.31 Å². The molecule has 1 amide bonds. The van der Waals surface area contributed by atoms with E-state index in [0.29, 0.717) is 0 Å². The van der Waals surface area contributed by atoms with Crippen LogP contribution in [0.1, 0.15) is 31.0 Å². The summed E-state index contributed by atoms with van der Waals surface area (Å²) in [6, 6.07) is 12.6. The van der Waals surface area contributed by atoms with Gasteiger partial charge in [-0.15, -0.1) is 11.8 Å². The molecule has 29 heavy (non-hydrogen) atoms. The van der Waals surface area contributed by atoms with Crippen molar-refractivity contribution >= 4 is 27.7 Å². The second kappa shape index (κ2) is 10.1. The molecular weight excluding hydrogens is 408 g/mol. The van der Waals surface area contributed by atoms with Crippen molar-refractivity contribution in [2.24, 2.45) is 0 Å². The molecule has 0 radical (unpaired) electrons. The van der Waals surface area contributed by atoms with Gasteiger partial charge in [-0.3, -0.25) is 4.79 Å². The van der Waals surface area contributed by atoms with E-state index in [9.17, 15) is 13.2 Å². The van der Waals surface area contributed by atoms with Crippen molar-refractivity contribution in [2.45, 2.75) is 36.6 Å². The molecule has 2 aromatic rings. The Morgan fingerprint density at radius 2 is 1.86 bits per heavy atom. The lowest BCUT2D eigenvalue weighted by atomic mass is 10.1. The van der Waals surface area contributed by atoms with Gasteiger partial charge in [0.2, 0.25) is 15.9 Å². The summed E-state index contributed by atoms with van der Waals surface area (Å²) in [5.74, 6) is -0.0970. The Labute approximate surface area is 177 Å². The number of amides is 1. The Bertz CT molecular complexity index is 944. The highest BCUT2D eigenvalue weighted by Gasteiger charge is 2.28. The topological polar surface area (TPSA) is 75.7 Å². The van der Waals surface area contributed by atoms with Crippen LogP contribution in [0.5, 0.6) is 5.75 Å². The fourth-order valence-electron chi connectivity index (χ4n) is 2.91.